The minimum atomic E-state index is -1.31. The van der Waals surface area contributed by atoms with Gasteiger partial charge in [-0.2, -0.15) is 0 Å². The second-order valence-electron chi connectivity index (χ2n) is 3.31. The lowest BCUT2D eigenvalue weighted by Crippen LogP contribution is -2.01. The lowest BCUT2D eigenvalue weighted by Gasteiger charge is -2.05. The number of benzene rings is 1. The van der Waals surface area contributed by atoms with Crippen LogP contribution in [0.3, 0.4) is 0 Å². The highest BCUT2D eigenvalue weighted by Gasteiger charge is 2.10. The summed E-state index contributed by atoms with van der Waals surface area (Å²) in [6.07, 6.45) is 1.51. The lowest BCUT2D eigenvalue weighted by atomic mass is 10.2. The third-order valence-corrected chi connectivity index (χ3v) is 2.13. The van der Waals surface area contributed by atoms with Crippen molar-refractivity contribution in [1.82, 2.24) is 0 Å². The number of hydrogen-bond acceptors (Lipinski definition) is 3. The second-order valence-corrected chi connectivity index (χ2v) is 3.31. The first-order chi connectivity index (χ1) is 8.16. The molecule has 1 N–H and O–H groups in total. The van der Waals surface area contributed by atoms with Crippen molar-refractivity contribution in [2.24, 2.45) is 0 Å². The molecule has 0 radical (unpaired) electrons. The van der Waals surface area contributed by atoms with Gasteiger partial charge in [0.25, 0.3) is 0 Å². The van der Waals surface area contributed by atoms with Crippen LogP contribution in [0.2, 0.25) is 0 Å². The van der Waals surface area contributed by atoms with Crippen LogP contribution >= 0.6 is 0 Å². The third kappa shape index (κ3) is 2.63. The van der Waals surface area contributed by atoms with E-state index in [1.54, 1.807) is 12.1 Å². The van der Waals surface area contributed by atoms with Crippen LogP contribution in [0.25, 0.3) is 0 Å². The summed E-state index contributed by atoms with van der Waals surface area (Å²) >= 11 is 0. The Morgan fingerprint density at radius 1 is 1.41 bits per heavy atom. The zero-order valence-corrected chi connectivity index (χ0v) is 8.72. The van der Waals surface area contributed by atoms with Gasteiger partial charge in [0.15, 0.2) is 0 Å². The average molecular weight is 236 g/mol. The highest BCUT2D eigenvalue weighted by atomic mass is 19.1. The van der Waals surface area contributed by atoms with Gasteiger partial charge in [-0.15, -0.1) is 0 Å². The summed E-state index contributed by atoms with van der Waals surface area (Å²) < 4.78 is 23.6. The molecule has 1 heterocycles. The van der Waals surface area contributed by atoms with Gasteiger partial charge in [-0.3, -0.25) is 0 Å². The maximum Gasteiger partial charge on any atom is 0.338 e. The Hall–Kier alpha value is -2.30. The molecule has 0 bridgehead atoms. The molecule has 17 heavy (non-hydrogen) atoms. The quantitative estimate of drug-likeness (QED) is 0.886. The number of rotatable bonds is 4. The molecule has 1 aromatic carbocycles. The van der Waals surface area contributed by atoms with Crippen LogP contribution in [0.1, 0.15) is 16.1 Å². The molecule has 4 nitrogen and oxygen atoms in total. The van der Waals surface area contributed by atoms with Gasteiger partial charge in [0.05, 0.1) is 11.8 Å². The Kier molecular flexibility index (Phi) is 3.09. The molecule has 0 fully saturated rings. The molecule has 88 valence electrons. The first-order valence-electron chi connectivity index (χ1n) is 4.85. The van der Waals surface area contributed by atoms with Crippen LogP contribution in [0.5, 0.6) is 5.75 Å². The van der Waals surface area contributed by atoms with Gasteiger partial charge < -0.3 is 14.3 Å². The van der Waals surface area contributed by atoms with Gasteiger partial charge in [0.1, 0.15) is 23.9 Å². The Morgan fingerprint density at radius 3 is 2.82 bits per heavy atom. The smallest absolute Gasteiger partial charge is 0.338 e. The fourth-order valence-electron chi connectivity index (χ4n) is 1.31. The van der Waals surface area contributed by atoms with Crippen LogP contribution in [0.4, 0.5) is 4.39 Å². The zero-order chi connectivity index (χ0) is 12.3. The topological polar surface area (TPSA) is 59.7 Å². The minimum absolute atomic E-state index is 0.166. The summed E-state index contributed by atoms with van der Waals surface area (Å²) in [6, 6.07) is 7.03. The normalized spacial score (nSPS) is 10.2. The van der Waals surface area contributed by atoms with Crippen LogP contribution in [-0.4, -0.2) is 11.1 Å². The van der Waals surface area contributed by atoms with E-state index in [4.69, 9.17) is 14.3 Å². The van der Waals surface area contributed by atoms with Gasteiger partial charge in [0, 0.05) is 6.07 Å². The van der Waals surface area contributed by atoms with E-state index in [9.17, 15) is 9.18 Å². The molecule has 0 unspecified atom stereocenters. The van der Waals surface area contributed by atoms with Crippen molar-refractivity contribution in [3.05, 3.63) is 53.7 Å². The van der Waals surface area contributed by atoms with Gasteiger partial charge in [0.2, 0.25) is 0 Å². The first-order valence-corrected chi connectivity index (χ1v) is 4.85. The summed E-state index contributed by atoms with van der Waals surface area (Å²) in [6.45, 7) is 0.166. The van der Waals surface area contributed by atoms with E-state index >= 15 is 0 Å². The molecule has 1 aromatic heterocycles. The largest absolute Gasteiger partial charge is 0.486 e. The monoisotopic (exact) mass is 236 g/mol. The van der Waals surface area contributed by atoms with Crippen molar-refractivity contribution < 1.29 is 23.4 Å². The Balaban J connectivity index is 2.07. The molecule has 0 atom stereocenters. The summed E-state index contributed by atoms with van der Waals surface area (Å²) in [7, 11) is 0. The number of furan rings is 1. The maximum atomic E-state index is 13.3. The predicted octanol–water partition coefficient (Wildman–Crippen LogP) is 2.70. The van der Waals surface area contributed by atoms with E-state index < -0.39 is 11.8 Å². The number of carbonyl (C=O) groups is 1. The van der Waals surface area contributed by atoms with E-state index in [-0.39, 0.29) is 17.9 Å². The molecule has 0 spiro atoms. The molecule has 2 rings (SSSR count). The summed E-state index contributed by atoms with van der Waals surface area (Å²) in [5.74, 6) is -1.27. The third-order valence-electron chi connectivity index (χ3n) is 2.13. The number of hydrogen-bond donors (Lipinski definition) is 1. The SMILES string of the molecule is O=C(O)c1ccc(OCc2ccco2)cc1F. The maximum absolute atomic E-state index is 13.3. The number of halogens is 1. The Morgan fingerprint density at radius 2 is 2.24 bits per heavy atom. The van der Waals surface area contributed by atoms with Gasteiger partial charge in [-0.05, 0) is 24.3 Å². The molecule has 5 heteroatoms. The minimum Gasteiger partial charge on any atom is -0.486 e. The molecule has 0 saturated heterocycles. The predicted molar refractivity (Wildman–Crippen MR) is 56.4 cm³/mol. The fourth-order valence-corrected chi connectivity index (χ4v) is 1.31. The lowest BCUT2D eigenvalue weighted by molar-refractivity contribution is 0.0692. The van der Waals surface area contributed by atoms with Crippen molar-refractivity contribution in [1.29, 1.82) is 0 Å². The van der Waals surface area contributed by atoms with Crippen LogP contribution in [-0.2, 0) is 6.61 Å². The van der Waals surface area contributed by atoms with Crippen LogP contribution in [0.15, 0.2) is 41.0 Å². The summed E-state index contributed by atoms with van der Waals surface area (Å²) in [5.41, 5.74) is -0.379. The molecule has 0 saturated carbocycles. The van der Waals surface area contributed by atoms with E-state index in [2.05, 4.69) is 0 Å². The fraction of sp³-hybridized carbons (Fsp3) is 0.0833. The Labute approximate surface area is 96.2 Å². The average Bonchev–Trinajstić information content (AvgIpc) is 2.78. The van der Waals surface area contributed by atoms with E-state index in [0.29, 0.717) is 5.76 Å². The molecular weight excluding hydrogens is 227 g/mol. The first kappa shape index (κ1) is 11.2. The van der Waals surface area contributed by atoms with Crippen molar-refractivity contribution >= 4 is 5.97 Å². The molecule has 0 aliphatic heterocycles. The molecule has 0 amide bonds. The number of ether oxygens (including phenoxy) is 1. The van der Waals surface area contributed by atoms with Crippen molar-refractivity contribution in [2.45, 2.75) is 6.61 Å². The molecule has 2 aromatic rings. The molecule has 0 aliphatic carbocycles. The van der Waals surface area contributed by atoms with Gasteiger partial charge >= 0.3 is 5.97 Å². The van der Waals surface area contributed by atoms with Crippen molar-refractivity contribution in [3.8, 4) is 5.75 Å². The van der Waals surface area contributed by atoms with Crippen LogP contribution < -0.4 is 4.74 Å². The van der Waals surface area contributed by atoms with E-state index in [0.717, 1.165) is 12.1 Å². The van der Waals surface area contributed by atoms with Gasteiger partial charge in [-0.1, -0.05) is 0 Å². The van der Waals surface area contributed by atoms with E-state index in [1.165, 1.54) is 12.3 Å². The number of carboxylic acids is 1. The van der Waals surface area contributed by atoms with Crippen molar-refractivity contribution in [2.75, 3.05) is 0 Å². The number of carboxylic acid groups (broad SMARTS) is 1. The standard InChI is InChI=1S/C12H9FO4/c13-11-6-8(3-4-10(11)12(14)15)17-7-9-2-1-5-16-9/h1-6H,7H2,(H,14,15). The molecular formula is C12H9FO4. The van der Waals surface area contributed by atoms with Crippen molar-refractivity contribution in [3.63, 3.8) is 0 Å². The highest BCUT2D eigenvalue weighted by Crippen LogP contribution is 2.18. The van der Waals surface area contributed by atoms with Gasteiger partial charge in [-0.25, -0.2) is 9.18 Å². The Bertz CT molecular complexity index is 519. The zero-order valence-electron chi connectivity index (χ0n) is 8.72. The summed E-state index contributed by atoms with van der Waals surface area (Å²) in [4.78, 5) is 10.6. The van der Waals surface area contributed by atoms with E-state index in [1.807, 2.05) is 0 Å². The molecule has 0 aliphatic rings. The van der Waals surface area contributed by atoms with Crippen LogP contribution in [0, 0.1) is 5.82 Å². The second kappa shape index (κ2) is 4.69. The number of aromatic carboxylic acids is 1. The highest BCUT2D eigenvalue weighted by molar-refractivity contribution is 5.88. The summed E-state index contributed by atoms with van der Waals surface area (Å²) in [5, 5.41) is 8.64.